The summed E-state index contributed by atoms with van der Waals surface area (Å²) in [7, 11) is 0. The highest BCUT2D eigenvalue weighted by atomic mass is 32.1. The predicted molar refractivity (Wildman–Crippen MR) is 79.0 cm³/mol. The minimum Gasteiger partial charge on any atom is -0.310 e. The molecule has 2 aliphatic rings. The first-order chi connectivity index (χ1) is 8.78. The van der Waals surface area contributed by atoms with Crippen LogP contribution in [0.2, 0.25) is 0 Å². The van der Waals surface area contributed by atoms with Gasteiger partial charge in [0.1, 0.15) is 0 Å². The van der Waals surface area contributed by atoms with E-state index >= 15 is 0 Å². The Bertz CT molecular complexity index is 398. The fraction of sp³-hybridized carbons (Fsp3) is 0.750. The minimum absolute atomic E-state index is 0.630. The largest absolute Gasteiger partial charge is 0.310 e. The molecule has 2 aliphatic carbocycles. The van der Waals surface area contributed by atoms with Gasteiger partial charge in [0.2, 0.25) is 0 Å². The van der Waals surface area contributed by atoms with E-state index in [-0.39, 0.29) is 0 Å². The Morgan fingerprint density at radius 1 is 1.39 bits per heavy atom. The van der Waals surface area contributed by atoms with Crippen molar-refractivity contribution in [1.82, 2.24) is 5.32 Å². The van der Waals surface area contributed by atoms with Gasteiger partial charge in [-0.2, -0.15) is 0 Å². The van der Waals surface area contributed by atoms with Gasteiger partial charge in [0, 0.05) is 10.9 Å². The predicted octanol–water partition coefficient (Wildman–Crippen LogP) is 4.53. The summed E-state index contributed by atoms with van der Waals surface area (Å²) in [6.07, 6.45) is 7.21. The van der Waals surface area contributed by atoms with Crippen LogP contribution in [0, 0.1) is 24.7 Å². The minimum atomic E-state index is 0.630. The third kappa shape index (κ3) is 2.37. The van der Waals surface area contributed by atoms with Crippen LogP contribution in [-0.4, -0.2) is 6.54 Å². The molecule has 3 rings (SSSR count). The molecule has 0 aromatic carbocycles. The van der Waals surface area contributed by atoms with Gasteiger partial charge in [-0.1, -0.05) is 13.3 Å². The summed E-state index contributed by atoms with van der Waals surface area (Å²) in [4.78, 5) is 1.46. The lowest BCUT2D eigenvalue weighted by molar-refractivity contribution is 0.251. The van der Waals surface area contributed by atoms with Gasteiger partial charge in [-0.25, -0.2) is 0 Å². The second-order valence-electron chi connectivity index (χ2n) is 6.26. The molecule has 2 fully saturated rings. The van der Waals surface area contributed by atoms with Crippen molar-refractivity contribution in [2.45, 2.75) is 52.0 Å². The van der Waals surface area contributed by atoms with Gasteiger partial charge in [-0.05, 0) is 73.9 Å². The summed E-state index contributed by atoms with van der Waals surface area (Å²) in [6, 6.07) is 3.04. The molecule has 100 valence electrons. The van der Waals surface area contributed by atoms with Crippen LogP contribution in [-0.2, 0) is 0 Å². The lowest BCUT2D eigenvalue weighted by Crippen LogP contribution is -2.31. The zero-order valence-electron chi connectivity index (χ0n) is 11.6. The van der Waals surface area contributed by atoms with Crippen molar-refractivity contribution in [3.05, 3.63) is 21.9 Å². The van der Waals surface area contributed by atoms with Crippen LogP contribution in [0.4, 0.5) is 0 Å². The third-order valence-corrected chi connectivity index (χ3v) is 5.82. The average Bonchev–Trinajstić information content (AvgIpc) is 3.06. The molecular formula is C16H25NS. The molecule has 1 N–H and O–H groups in total. The highest BCUT2D eigenvalue weighted by Crippen LogP contribution is 2.52. The van der Waals surface area contributed by atoms with Crippen molar-refractivity contribution < 1.29 is 0 Å². The van der Waals surface area contributed by atoms with Crippen LogP contribution in [0.5, 0.6) is 0 Å². The van der Waals surface area contributed by atoms with E-state index in [1.54, 1.807) is 5.56 Å². The van der Waals surface area contributed by atoms with Gasteiger partial charge >= 0.3 is 0 Å². The van der Waals surface area contributed by atoms with Crippen LogP contribution in [0.3, 0.4) is 0 Å². The van der Waals surface area contributed by atoms with Crippen LogP contribution in [0.15, 0.2) is 11.4 Å². The van der Waals surface area contributed by atoms with Crippen molar-refractivity contribution in [1.29, 1.82) is 0 Å². The van der Waals surface area contributed by atoms with Gasteiger partial charge in [0.15, 0.2) is 0 Å². The van der Waals surface area contributed by atoms with Gasteiger partial charge < -0.3 is 5.32 Å². The highest BCUT2D eigenvalue weighted by molar-refractivity contribution is 7.10. The molecule has 1 aromatic rings. The quantitative estimate of drug-likeness (QED) is 0.823. The van der Waals surface area contributed by atoms with Crippen molar-refractivity contribution in [2.75, 3.05) is 6.54 Å². The fourth-order valence-corrected chi connectivity index (χ4v) is 4.89. The second kappa shape index (κ2) is 5.34. The second-order valence-corrected chi connectivity index (χ2v) is 7.38. The topological polar surface area (TPSA) is 12.0 Å². The zero-order chi connectivity index (χ0) is 12.5. The van der Waals surface area contributed by atoms with E-state index < -0.39 is 0 Å². The van der Waals surface area contributed by atoms with Crippen LogP contribution in [0.25, 0.3) is 0 Å². The molecule has 1 heterocycles. The Morgan fingerprint density at radius 2 is 2.28 bits per heavy atom. The summed E-state index contributed by atoms with van der Waals surface area (Å²) >= 11 is 1.91. The van der Waals surface area contributed by atoms with Crippen LogP contribution >= 0.6 is 11.3 Å². The monoisotopic (exact) mass is 263 g/mol. The van der Waals surface area contributed by atoms with Gasteiger partial charge in [-0.15, -0.1) is 11.3 Å². The Hall–Kier alpha value is -0.340. The number of thiophene rings is 1. The number of rotatable bonds is 5. The molecule has 4 atom stereocenters. The Labute approximate surface area is 115 Å². The molecule has 0 saturated heterocycles. The molecule has 18 heavy (non-hydrogen) atoms. The first kappa shape index (κ1) is 12.7. The normalized spacial score (nSPS) is 32.0. The summed E-state index contributed by atoms with van der Waals surface area (Å²) in [5.74, 6) is 2.96. The maximum Gasteiger partial charge on any atom is 0.0359 e. The molecule has 1 nitrogen and oxygen atoms in total. The summed E-state index contributed by atoms with van der Waals surface area (Å²) < 4.78 is 0. The molecule has 0 aliphatic heterocycles. The first-order valence-electron chi connectivity index (χ1n) is 7.56. The number of hydrogen-bond donors (Lipinski definition) is 1. The third-order valence-electron chi connectivity index (χ3n) is 4.95. The molecule has 2 bridgehead atoms. The lowest BCUT2D eigenvalue weighted by atomic mass is 9.81. The fourth-order valence-electron chi connectivity index (χ4n) is 4.15. The van der Waals surface area contributed by atoms with Gasteiger partial charge in [0.05, 0.1) is 0 Å². The van der Waals surface area contributed by atoms with E-state index in [1.807, 2.05) is 11.3 Å². The van der Waals surface area contributed by atoms with Gasteiger partial charge in [0.25, 0.3) is 0 Å². The Morgan fingerprint density at radius 3 is 2.83 bits per heavy atom. The first-order valence-corrected chi connectivity index (χ1v) is 8.44. The van der Waals surface area contributed by atoms with E-state index in [0.717, 1.165) is 24.3 Å². The molecule has 0 spiro atoms. The van der Waals surface area contributed by atoms with E-state index in [0.29, 0.717) is 6.04 Å². The zero-order valence-corrected chi connectivity index (χ0v) is 12.4. The molecule has 1 aromatic heterocycles. The molecule has 0 amide bonds. The molecule has 2 heteroatoms. The van der Waals surface area contributed by atoms with E-state index in [9.17, 15) is 0 Å². The maximum atomic E-state index is 3.83. The van der Waals surface area contributed by atoms with Crippen LogP contribution in [0.1, 0.15) is 55.5 Å². The summed E-state index contributed by atoms with van der Waals surface area (Å²) in [6.45, 7) is 5.66. The number of nitrogens with one attached hydrogen (secondary N) is 1. The van der Waals surface area contributed by atoms with E-state index in [1.165, 1.54) is 37.0 Å². The molecule has 0 radical (unpaired) electrons. The standard InChI is InChI=1S/C16H25NS/c1-3-6-17-16(14-7-11(2)18-10-14)15-9-12-4-5-13(15)8-12/h7,10,12-13,15-17H,3-6,8-9H2,1-2H3. The molecular weight excluding hydrogens is 238 g/mol. The average molecular weight is 263 g/mol. The Kier molecular flexibility index (Phi) is 3.76. The van der Waals surface area contributed by atoms with Gasteiger partial charge in [-0.3, -0.25) is 0 Å². The summed E-state index contributed by atoms with van der Waals surface area (Å²) in [5, 5.41) is 6.22. The van der Waals surface area contributed by atoms with Crippen molar-refractivity contribution in [3.8, 4) is 0 Å². The molecule has 4 unspecified atom stereocenters. The van der Waals surface area contributed by atoms with Crippen molar-refractivity contribution >= 4 is 11.3 Å². The maximum absolute atomic E-state index is 3.83. The van der Waals surface area contributed by atoms with E-state index in [4.69, 9.17) is 0 Å². The van der Waals surface area contributed by atoms with E-state index in [2.05, 4.69) is 30.6 Å². The van der Waals surface area contributed by atoms with Crippen molar-refractivity contribution in [2.24, 2.45) is 17.8 Å². The number of fused-ring (bicyclic) bond motifs is 2. The number of hydrogen-bond acceptors (Lipinski definition) is 2. The lowest BCUT2D eigenvalue weighted by Gasteiger charge is -2.31. The smallest absolute Gasteiger partial charge is 0.0359 e. The summed E-state index contributed by atoms with van der Waals surface area (Å²) in [5.41, 5.74) is 1.56. The SMILES string of the molecule is CCCNC(c1csc(C)c1)C1CC2CCC1C2. The number of aryl methyl sites for hydroxylation is 1. The highest BCUT2D eigenvalue weighted by Gasteiger charge is 2.43. The van der Waals surface area contributed by atoms with Crippen LogP contribution < -0.4 is 5.32 Å². The van der Waals surface area contributed by atoms with Crippen molar-refractivity contribution in [3.63, 3.8) is 0 Å². The Balaban J connectivity index is 1.77. The molecule has 2 saturated carbocycles.